The molecule has 13 heteroatoms. The molecule has 3 rings (SSSR count). The average Bonchev–Trinajstić information content (AvgIpc) is 2.70. The van der Waals surface area contributed by atoms with Crippen molar-refractivity contribution in [1.29, 1.82) is 0 Å². The van der Waals surface area contributed by atoms with Crippen molar-refractivity contribution in [2.75, 3.05) is 6.61 Å². The van der Waals surface area contributed by atoms with Gasteiger partial charge in [-0.25, -0.2) is 9.36 Å². The van der Waals surface area contributed by atoms with Gasteiger partial charge in [-0.05, 0) is 0 Å². The lowest BCUT2D eigenvalue weighted by Gasteiger charge is -2.27. The van der Waals surface area contributed by atoms with Crippen LogP contribution in [0.4, 0.5) is 0 Å². The molecule has 1 aromatic heterocycles. The van der Waals surface area contributed by atoms with Crippen LogP contribution in [0.25, 0.3) is 0 Å². The van der Waals surface area contributed by atoms with Crippen LogP contribution in [0.5, 0.6) is 0 Å². The summed E-state index contributed by atoms with van der Waals surface area (Å²) in [5.41, 5.74) is -1.62. The third-order valence-corrected chi connectivity index (χ3v) is 4.42. The first-order chi connectivity index (χ1) is 9.78. The Morgan fingerprint density at radius 1 is 1.45 bits per heavy atom. The zero-order valence-corrected chi connectivity index (χ0v) is 12.6. The summed E-state index contributed by atoms with van der Waals surface area (Å²) in [5.74, 6) is 0. The first-order valence-electron chi connectivity index (χ1n) is 5.79. The molecule has 22 heavy (non-hydrogen) atoms. The van der Waals surface area contributed by atoms with Crippen LogP contribution >= 0.6 is 19.4 Å². The van der Waals surface area contributed by atoms with Gasteiger partial charge in [-0.2, -0.15) is 0 Å². The maximum Gasteiger partial charge on any atom is 0.472 e. The summed E-state index contributed by atoms with van der Waals surface area (Å²) in [7, 11) is -4.25. The SMILES string of the molecule is N.O=c1[nH]c(=O)n([C@@H]2O[C@@H]3COP(=O)(O)O[C@H]3[C@H]2O)cc1Cl. The Labute approximate surface area is 127 Å². The van der Waals surface area contributed by atoms with Crippen molar-refractivity contribution in [2.24, 2.45) is 0 Å². The summed E-state index contributed by atoms with van der Waals surface area (Å²) in [6.07, 6.45) is -3.62. The number of nitrogens with one attached hydrogen (secondary N) is 1. The van der Waals surface area contributed by atoms with Gasteiger partial charge >= 0.3 is 13.5 Å². The van der Waals surface area contributed by atoms with Crippen LogP contribution in [0, 0.1) is 0 Å². The molecule has 2 aliphatic heterocycles. The molecule has 0 bridgehead atoms. The normalized spacial score (nSPS) is 37.4. The van der Waals surface area contributed by atoms with E-state index in [2.05, 4.69) is 4.52 Å². The number of halogens is 1. The van der Waals surface area contributed by atoms with Crippen LogP contribution in [0.2, 0.25) is 5.02 Å². The summed E-state index contributed by atoms with van der Waals surface area (Å²) in [6, 6.07) is 0. The molecule has 5 atom stereocenters. The van der Waals surface area contributed by atoms with Crippen molar-refractivity contribution >= 4 is 19.4 Å². The van der Waals surface area contributed by atoms with Gasteiger partial charge in [0, 0.05) is 6.20 Å². The zero-order valence-electron chi connectivity index (χ0n) is 10.9. The Bertz CT molecular complexity index is 734. The van der Waals surface area contributed by atoms with Gasteiger partial charge in [-0.3, -0.25) is 23.4 Å². The van der Waals surface area contributed by atoms with E-state index in [4.69, 9.17) is 20.9 Å². The Balaban J connectivity index is 0.00000176. The number of rotatable bonds is 1. The first-order valence-corrected chi connectivity index (χ1v) is 7.66. The molecule has 1 unspecified atom stereocenters. The average molecular weight is 358 g/mol. The van der Waals surface area contributed by atoms with Gasteiger partial charge in [0.05, 0.1) is 6.61 Å². The van der Waals surface area contributed by atoms with Crippen molar-refractivity contribution in [2.45, 2.75) is 24.5 Å². The molecular weight excluding hydrogens is 345 g/mol. The minimum Gasteiger partial charge on any atom is -0.386 e. The third kappa shape index (κ3) is 2.90. The van der Waals surface area contributed by atoms with E-state index >= 15 is 0 Å². The third-order valence-electron chi connectivity index (χ3n) is 3.16. The number of aromatic amines is 1. The molecule has 0 aromatic carbocycles. The lowest BCUT2D eigenvalue weighted by molar-refractivity contribution is -0.0685. The van der Waals surface area contributed by atoms with E-state index in [-0.39, 0.29) is 17.8 Å². The van der Waals surface area contributed by atoms with Crippen LogP contribution < -0.4 is 17.4 Å². The Morgan fingerprint density at radius 3 is 2.82 bits per heavy atom. The second-order valence-corrected chi connectivity index (χ2v) is 6.35. The second kappa shape index (κ2) is 5.87. The van der Waals surface area contributed by atoms with E-state index in [0.29, 0.717) is 0 Å². The molecule has 11 nitrogen and oxygen atoms in total. The van der Waals surface area contributed by atoms with Gasteiger partial charge in [-0.1, -0.05) is 11.6 Å². The standard InChI is InChI=1S/C9H10ClN2O8P.H3N/c10-3-1-12(9(15)11-7(3)14)8-5(13)6-4(19-8)2-18-21(16,17)20-6;/h1,4-6,8,13H,2H2,(H,16,17)(H,11,14,15);1H3/t4-,5-,6-,8-;/m1./s1. The summed E-state index contributed by atoms with van der Waals surface area (Å²) < 4.78 is 26.9. The molecule has 2 fully saturated rings. The second-order valence-electron chi connectivity index (χ2n) is 4.53. The predicted octanol–water partition coefficient (Wildman–Crippen LogP) is -0.874. The van der Waals surface area contributed by atoms with Crippen molar-refractivity contribution < 1.29 is 28.3 Å². The molecule has 2 saturated heterocycles. The zero-order chi connectivity index (χ0) is 15.4. The summed E-state index contributed by atoms with van der Waals surface area (Å²) in [6.45, 7) is -0.280. The number of hydrogen-bond donors (Lipinski definition) is 4. The van der Waals surface area contributed by atoms with E-state index in [0.717, 1.165) is 10.8 Å². The van der Waals surface area contributed by atoms with Gasteiger partial charge < -0.3 is 20.9 Å². The van der Waals surface area contributed by atoms with Gasteiger partial charge in [-0.15, -0.1) is 0 Å². The van der Waals surface area contributed by atoms with Crippen LogP contribution in [-0.2, 0) is 18.3 Å². The molecule has 0 saturated carbocycles. The molecule has 0 spiro atoms. The number of ether oxygens (including phenoxy) is 1. The van der Waals surface area contributed by atoms with Gasteiger partial charge in [0.25, 0.3) is 5.56 Å². The van der Waals surface area contributed by atoms with Crippen molar-refractivity contribution in [3.05, 3.63) is 32.1 Å². The number of H-pyrrole nitrogens is 1. The molecule has 0 aliphatic carbocycles. The van der Waals surface area contributed by atoms with Crippen LogP contribution in [-0.4, -0.2) is 44.5 Å². The largest absolute Gasteiger partial charge is 0.472 e. The summed E-state index contributed by atoms with van der Waals surface area (Å²) in [5, 5.41) is 9.85. The van der Waals surface area contributed by atoms with E-state index in [1.165, 1.54) is 0 Å². The maximum atomic E-state index is 11.7. The van der Waals surface area contributed by atoms with Crippen LogP contribution in [0.1, 0.15) is 6.23 Å². The topological polar surface area (TPSA) is 175 Å². The molecule has 0 amide bonds. The molecular formula is C9H13ClN3O8P. The van der Waals surface area contributed by atoms with Gasteiger partial charge in [0.1, 0.15) is 23.3 Å². The predicted molar refractivity (Wildman–Crippen MR) is 71.9 cm³/mol. The molecule has 1 aromatic rings. The number of phosphoric ester groups is 1. The smallest absolute Gasteiger partial charge is 0.386 e. The van der Waals surface area contributed by atoms with Crippen LogP contribution in [0.3, 0.4) is 0 Å². The first kappa shape index (κ1) is 17.3. The van der Waals surface area contributed by atoms with E-state index in [1.54, 1.807) is 0 Å². The summed E-state index contributed by atoms with van der Waals surface area (Å²) >= 11 is 5.63. The molecule has 2 aliphatic rings. The number of phosphoric acid groups is 1. The quantitative estimate of drug-likeness (QED) is 0.465. The lowest BCUT2D eigenvalue weighted by Crippen LogP contribution is -2.40. The van der Waals surface area contributed by atoms with Crippen molar-refractivity contribution in [3.8, 4) is 0 Å². The summed E-state index contributed by atoms with van der Waals surface area (Å²) in [4.78, 5) is 34.1. The Kier molecular flexibility index (Phi) is 4.62. The Hall–Kier alpha value is -1.04. The monoisotopic (exact) mass is 357 g/mol. The van der Waals surface area contributed by atoms with Gasteiger partial charge in [0.2, 0.25) is 0 Å². The highest BCUT2D eigenvalue weighted by molar-refractivity contribution is 7.47. The highest BCUT2D eigenvalue weighted by Gasteiger charge is 2.52. The van der Waals surface area contributed by atoms with Crippen molar-refractivity contribution in [1.82, 2.24) is 15.7 Å². The fourth-order valence-electron chi connectivity index (χ4n) is 2.22. The maximum absolute atomic E-state index is 11.7. The lowest BCUT2D eigenvalue weighted by atomic mass is 10.1. The van der Waals surface area contributed by atoms with E-state index in [9.17, 15) is 24.2 Å². The van der Waals surface area contributed by atoms with E-state index in [1.807, 2.05) is 4.98 Å². The molecule has 0 radical (unpaired) electrons. The minimum absolute atomic E-state index is 0. The fourth-order valence-corrected chi connectivity index (χ4v) is 3.33. The molecule has 6 N–H and O–H groups in total. The van der Waals surface area contributed by atoms with Crippen LogP contribution in [0.15, 0.2) is 15.8 Å². The molecule has 3 heterocycles. The Morgan fingerprint density at radius 2 is 2.14 bits per heavy atom. The molecule has 124 valence electrons. The van der Waals surface area contributed by atoms with E-state index < -0.39 is 43.6 Å². The highest BCUT2D eigenvalue weighted by Crippen LogP contribution is 2.52. The van der Waals surface area contributed by atoms with Crippen molar-refractivity contribution in [3.63, 3.8) is 0 Å². The number of aliphatic hydroxyl groups excluding tert-OH is 1. The number of fused-ring (bicyclic) bond motifs is 1. The highest BCUT2D eigenvalue weighted by atomic mass is 35.5. The minimum atomic E-state index is -4.25. The number of hydrogen-bond acceptors (Lipinski definition) is 8. The number of aliphatic hydroxyl groups is 1. The number of nitrogens with zero attached hydrogens (tertiary/aromatic N) is 1. The van der Waals surface area contributed by atoms with Gasteiger partial charge in [0.15, 0.2) is 6.23 Å². The fraction of sp³-hybridized carbons (Fsp3) is 0.556. The number of aromatic nitrogens is 2.